The number of thiophene rings is 1. The van der Waals surface area contributed by atoms with Crippen LogP contribution in [0.25, 0.3) is 0 Å². The SMILES string of the molecule is O=C(C[C@@H]1C[C@H]2O[C@H](CNC(=O)Nc3cccs3)[C@@H](O)[C@H]2O1)NC1CC1. The molecule has 3 amide bonds. The largest absolute Gasteiger partial charge is 0.388 e. The fraction of sp³-hybridized carbons (Fsp3) is 0.647. The summed E-state index contributed by atoms with van der Waals surface area (Å²) in [4.78, 5) is 23.7. The van der Waals surface area contributed by atoms with Crippen LogP contribution in [-0.4, -0.2) is 60.2 Å². The average Bonchev–Trinajstić information content (AvgIpc) is 3.00. The molecule has 142 valence electrons. The second kappa shape index (κ2) is 7.51. The Hall–Kier alpha value is -1.68. The number of hydrogen-bond acceptors (Lipinski definition) is 6. The maximum absolute atomic E-state index is 11.9. The second-order valence-electron chi connectivity index (χ2n) is 7.02. The van der Waals surface area contributed by atoms with Gasteiger partial charge in [0.15, 0.2) is 0 Å². The zero-order valence-electron chi connectivity index (χ0n) is 14.2. The van der Waals surface area contributed by atoms with Crippen LogP contribution in [0.3, 0.4) is 0 Å². The van der Waals surface area contributed by atoms with Crippen molar-refractivity contribution in [1.82, 2.24) is 10.6 Å². The molecule has 0 radical (unpaired) electrons. The molecule has 9 heteroatoms. The van der Waals surface area contributed by atoms with Crippen LogP contribution in [0.2, 0.25) is 0 Å². The Bertz CT molecular complexity index is 651. The summed E-state index contributed by atoms with van der Waals surface area (Å²) in [5.41, 5.74) is 0. The lowest BCUT2D eigenvalue weighted by Gasteiger charge is -2.20. The minimum Gasteiger partial charge on any atom is -0.388 e. The van der Waals surface area contributed by atoms with E-state index < -0.39 is 18.3 Å². The van der Waals surface area contributed by atoms with Gasteiger partial charge in [-0.15, -0.1) is 11.3 Å². The number of hydrogen-bond donors (Lipinski definition) is 4. The van der Waals surface area contributed by atoms with Crippen LogP contribution < -0.4 is 16.0 Å². The van der Waals surface area contributed by atoms with Crippen molar-refractivity contribution in [2.45, 2.75) is 62.2 Å². The standard InChI is InChI=1S/C17H23N3O5S/c21-13(19-9-3-4-9)7-10-6-11-16(24-10)15(22)12(25-11)8-18-17(23)20-14-2-1-5-26-14/h1-2,5,9-12,15-16,22H,3-4,6-8H2,(H,19,21)(H2,18,20,23)/t10-,11+,12+,15+,16-/m0/s1. The number of ether oxygens (including phenoxy) is 2. The highest BCUT2D eigenvalue weighted by atomic mass is 32.1. The van der Waals surface area contributed by atoms with E-state index in [-0.39, 0.29) is 30.7 Å². The molecular formula is C17H23N3O5S. The quantitative estimate of drug-likeness (QED) is 0.584. The lowest BCUT2D eigenvalue weighted by atomic mass is 10.1. The first-order chi connectivity index (χ1) is 12.6. The third kappa shape index (κ3) is 4.17. The van der Waals surface area contributed by atoms with Gasteiger partial charge in [0.05, 0.1) is 23.6 Å². The highest BCUT2D eigenvalue weighted by Crippen LogP contribution is 2.35. The van der Waals surface area contributed by atoms with Gasteiger partial charge in [0.2, 0.25) is 5.91 Å². The fourth-order valence-electron chi connectivity index (χ4n) is 3.43. The smallest absolute Gasteiger partial charge is 0.319 e. The van der Waals surface area contributed by atoms with Crippen molar-refractivity contribution < 1.29 is 24.2 Å². The van der Waals surface area contributed by atoms with Gasteiger partial charge in [-0.1, -0.05) is 0 Å². The highest BCUT2D eigenvalue weighted by molar-refractivity contribution is 7.14. The van der Waals surface area contributed by atoms with Crippen molar-refractivity contribution in [3.05, 3.63) is 17.5 Å². The second-order valence-corrected chi connectivity index (χ2v) is 7.97. The number of aliphatic hydroxyl groups is 1. The van der Waals surface area contributed by atoms with Gasteiger partial charge in [0, 0.05) is 19.0 Å². The first-order valence-electron chi connectivity index (χ1n) is 8.95. The molecule has 2 aliphatic heterocycles. The first kappa shape index (κ1) is 17.7. The molecule has 3 aliphatic rings. The molecule has 1 aliphatic carbocycles. The molecule has 0 unspecified atom stereocenters. The van der Waals surface area contributed by atoms with E-state index in [4.69, 9.17) is 9.47 Å². The van der Waals surface area contributed by atoms with Crippen molar-refractivity contribution in [2.24, 2.45) is 0 Å². The molecule has 4 N–H and O–H groups in total. The Morgan fingerprint density at radius 1 is 1.31 bits per heavy atom. The number of rotatable bonds is 6. The molecule has 8 nitrogen and oxygen atoms in total. The molecule has 1 saturated carbocycles. The Kier molecular flexibility index (Phi) is 5.12. The Balaban J connectivity index is 1.20. The summed E-state index contributed by atoms with van der Waals surface area (Å²) in [5, 5.41) is 21.4. The highest BCUT2D eigenvalue weighted by Gasteiger charge is 2.50. The van der Waals surface area contributed by atoms with E-state index in [0.29, 0.717) is 18.9 Å². The van der Waals surface area contributed by atoms with Gasteiger partial charge in [0.25, 0.3) is 0 Å². The molecule has 0 bridgehead atoms. The van der Waals surface area contributed by atoms with Crippen LogP contribution in [0.1, 0.15) is 25.7 Å². The molecular weight excluding hydrogens is 358 g/mol. The van der Waals surface area contributed by atoms with E-state index in [0.717, 1.165) is 17.8 Å². The van der Waals surface area contributed by atoms with E-state index in [1.165, 1.54) is 11.3 Å². The third-order valence-electron chi connectivity index (χ3n) is 4.86. The van der Waals surface area contributed by atoms with E-state index in [1.807, 2.05) is 17.5 Å². The summed E-state index contributed by atoms with van der Waals surface area (Å²) in [6.45, 7) is 0.196. The number of carbonyl (C=O) groups excluding carboxylic acids is 2. The predicted molar refractivity (Wildman–Crippen MR) is 95.1 cm³/mol. The van der Waals surface area contributed by atoms with E-state index >= 15 is 0 Å². The zero-order chi connectivity index (χ0) is 18.1. The molecule has 26 heavy (non-hydrogen) atoms. The molecule has 1 aromatic rings. The van der Waals surface area contributed by atoms with E-state index in [9.17, 15) is 14.7 Å². The molecule has 1 aromatic heterocycles. The van der Waals surface area contributed by atoms with Crippen LogP contribution in [0.15, 0.2) is 17.5 Å². The molecule has 5 atom stereocenters. The lowest BCUT2D eigenvalue weighted by molar-refractivity contribution is -0.124. The van der Waals surface area contributed by atoms with Gasteiger partial charge < -0.3 is 25.2 Å². The van der Waals surface area contributed by atoms with E-state index in [2.05, 4.69) is 16.0 Å². The molecule has 2 saturated heterocycles. The van der Waals surface area contributed by atoms with Crippen molar-refractivity contribution in [2.75, 3.05) is 11.9 Å². The molecule has 3 heterocycles. The Morgan fingerprint density at radius 3 is 2.85 bits per heavy atom. The summed E-state index contributed by atoms with van der Waals surface area (Å²) in [7, 11) is 0. The van der Waals surface area contributed by atoms with Crippen LogP contribution in [-0.2, 0) is 14.3 Å². The third-order valence-corrected chi connectivity index (χ3v) is 5.64. The van der Waals surface area contributed by atoms with Crippen molar-refractivity contribution in [3.63, 3.8) is 0 Å². The van der Waals surface area contributed by atoms with Crippen molar-refractivity contribution in [3.8, 4) is 0 Å². The number of aliphatic hydroxyl groups excluding tert-OH is 1. The zero-order valence-corrected chi connectivity index (χ0v) is 15.0. The normalized spacial score (nSPS) is 32.9. The maximum Gasteiger partial charge on any atom is 0.319 e. The van der Waals surface area contributed by atoms with Gasteiger partial charge in [-0.2, -0.15) is 0 Å². The first-order valence-corrected chi connectivity index (χ1v) is 9.83. The van der Waals surface area contributed by atoms with Gasteiger partial charge in [-0.3, -0.25) is 10.1 Å². The number of nitrogens with one attached hydrogen (secondary N) is 3. The van der Waals surface area contributed by atoms with E-state index in [1.54, 1.807) is 0 Å². The number of carbonyl (C=O) groups is 2. The summed E-state index contributed by atoms with van der Waals surface area (Å²) < 4.78 is 11.7. The molecule has 0 spiro atoms. The Labute approximate surface area is 155 Å². The average molecular weight is 381 g/mol. The Morgan fingerprint density at radius 2 is 2.15 bits per heavy atom. The van der Waals surface area contributed by atoms with Gasteiger partial charge in [-0.05, 0) is 30.4 Å². The number of amides is 3. The van der Waals surface area contributed by atoms with Crippen LogP contribution >= 0.6 is 11.3 Å². The maximum atomic E-state index is 11.9. The fourth-order valence-corrected chi connectivity index (χ4v) is 4.04. The van der Waals surface area contributed by atoms with Crippen LogP contribution in [0, 0.1) is 0 Å². The predicted octanol–water partition coefficient (Wildman–Crippen LogP) is 0.824. The lowest BCUT2D eigenvalue weighted by Crippen LogP contribution is -2.42. The topological polar surface area (TPSA) is 109 Å². The summed E-state index contributed by atoms with van der Waals surface area (Å²) in [5.74, 6) is -0.00423. The van der Waals surface area contributed by atoms with Crippen molar-refractivity contribution in [1.29, 1.82) is 0 Å². The van der Waals surface area contributed by atoms with Gasteiger partial charge in [0.1, 0.15) is 18.3 Å². The monoisotopic (exact) mass is 381 g/mol. The molecule has 4 rings (SSSR count). The molecule has 3 fully saturated rings. The number of urea groups is 1. The summed E-state index contributed by atoms with van der Waals surface area (Å²) in [6, 6.07) is 3.66. The summed E-state index contributed by atoms with van der Waals surface area (Å²) >= 11 is 1.43. The minimum atomic E-state index is -0.821. The van der Waals surface area contributed by atoms with Crippen molar-refractivity contribution >= 4 is 28.3 Å². The number of anilines is 1. The minimum absolute atomic E-state index is 0.00423. The molecule has 0 aromatic carbocycles. The number of fused-ring (bicyclic) bond motifs is 1. The van der Waals surface area contributed by atoms with Gasteiger partial charge >= 0.3 is 6.03 Å². The summed E-state index contributed by atoms with van der Waals surface area (Å²) in [6.07, 6.45) is 0.742. The van der Waals surface area contributed by atoms with Crippen LogP contribution in [0.4, 0.5) is 9.80 Å². The van der Waals surface area contributed by atoms with Gasteiger partial charge in [-0.25, -0.2) is 4.79 Å². The van der Waals surface area contributed by atoms with Crippen LogP contribution in [0.5, 0.6) is 0 Å².